The molecular weight excluding hydrogens is 248 g/mol. The zero-order valence-electron chi connectivity index (χ0n) is 12.2. The van der Waals surface area contributed by atoms with Crippen LogP contribution in [0.15, 0.2) is 42.6 Å². The van der Waals surface area contributed by atoms with Gasteiger partial charge >= 0.3 is 0 Å². The Kier molecular flexibility index (Phi) is 5.56. The molecule has 1 aromatic heterocycles. The molecule has 1 heterocycles. The summed E-state index contributed by atoms with van der Waals surface area (Å²) in [4.78, 5) is 4.30. The Morgan fingerprint density at radius 3 is 2.65 bits per heavy atom. The fraction of sp³-hybridized carbons (Fsp3) is 0.353. The molecule has 0 aliphatic carbocycles. The van der Waals surface area contributed by atoms with Crippen molar-refractivity contribution in [1.82, 2.24) is 10.3 Å². The Morgan fingerprint density at radius 2 is 1.95 bits per heavy atom. The summed E-state index contributed by atoms with van der Waals surface area (Å²) in [7, 11) is 1.92. The van der Waals surface area contributed by atoms with E-state index in [9.17, 15) is 0 Å². The number of rotatable bonds is 7. The van der Waals surface area contributed by atoms with Crippen LogP contribution in [0, 0.1) is 0 Å². The molecular formula is C17H22N2O. The molecule has 3 heteroatoms. The Labute approximate surface area is 121 Å². The average Bonchev–Trinajstić information content (AvgIpc) is 2.49. The van der Waals surface area contributed by atoms with Crippen LogP contribution in [0.4, 0.5) is 0 Å². The number of nitrogens with one attached hydrogen (secondary N) is 1. The molecule has 0 atom stereocenters. The topological polar surface area (TPSA) is 34.1 Å². The fourth-order valence-electron chi connectivity index (χ4n) is 2.06. The van der Waals surface area contributed by atoms with E-state index < -0.39 is 0 Å². The van der Waals surface area contributed by atoms with E-state index in [4.69, 9.17) is 4.74 Å². The van der Waals surface area contributed by atoms with Crippen LogP contribution >= 0.6 is 0 Å². The molecule has 0 saturated carbocycles. The lowest BCUT2D eigenvalue weighted by Gasteiger charge is -2.10. The van der Waals surface area contributed by atoms with Gasteiger partial charge in [-0.05, 0) is 43.7 Å². The summed E-state index contributed by atoms with van der Waals surface area (Å²) in [5.74, 6) is 1.50. The van der Waals surface area contributed by atoms with E-state index in [1.165, 1.54) is 18.4 Å². The molecule has 20 heavy (non-hydrogen) atoms. The molecule has 3 nitrogen and oxygen atoms in total. The number of aryl methyl sites for hydroxylation is 1. The van der Waals surface area contributed by atoms with E-state index in [1.807, 2.05) is 31.3 Å². The first-order valence-electron chi connectivity index (χ1n) is 7.18. The lowest BCUT2D eigenvalue weighted by atomic mass is 10.1. The van der Waals surface area contributed by atoms with Crippen molar-refractivity contribution < 1.29 is 4.74 Å². The van der Waals surface area contributed by atoms with E-state index in [0.717, 1.165) is 24.3 Å². The quantitative estimate of drug-likeness (QED) is 0.827. The van der Waals surface area contributed by atoms with Gasteiger partial charge < -0.3 is 10.1 Å². The van der Waals surface area contributed by atoms with Crippen molar-refractivity contribution in [2.75, 3.05) is 7.05 Å². The molecule has 1 aromatic carbocycles. The molecule has 1 N–H and O–H groups in total. The smallest absolute Gasteiger partial charge is 0.223 e. The minimum Gasteiger partial charge on any atom is -0.439 e. The van der Waals surface area contributed by atoms with Crippen LogP contribution in [-0.4, -0.2) is 12.0 Å². The van der Waals surface area contributed by atoms with Crippen molar-refractivity contribution in [1.29, 1.82) is 0 Å². The Bertz CT molecular complexity index is 523. The first-order chi connectivity index (χ1) is 9.83. The molecule has 0 unspecified atom stereocenters. The Hall–Kier alpha value is -1.87. The molecule has 0 radical (unpaired) electrons. The molecule has 0 amide bonds. The second kappa shape index (κ2) is 7.65. The van der Waals surface area contributed by atoms with Gasteiger partial charge in [0.15, 0.2) is 0 Å². The highest BCUT2D eigenvalue weighted by Gasteiger charge is 2.05. The maximum absolute atomic E-state index is 5.87. The maximum Gasteiger partial charge on any atom is 0.223 e. The summed E-state index contributed by atoms with van der Waals surface area (Å²) in [6, 6.07) is 12.2. The number of nitrogens with zero attached hydrogens (tertiary/aromatic N) is 1. The third kappa shape index (κ3) is 4.07. The third-order valence-electron chi connectivity index (χ3n) is 3.17. The van der Waals surface area contributed by atoms with Crippen LogP contribution in [0.1, 0.15) is 30.9 Å². The van der Waals surface area contributed by atoms with Gasteiger partial charge in [0.25, 0.3) is 0 Å². The predicted molar refractivity (Wildman–Crippen MR) is 82.1 cm³/mol. The molecule has 0 bridgehead atoms. The second-order valence-electron chi connectivity index (χ2n) is 4.85. The normalized spacial score (nSPS) is 10.5. The van der Waals surface area contributed by atoms with Crippen LogP contribution in [0.5, 0.6) is 11.6 Å². The largest absolute Gasteiger partial charge is 0.439 e. The van der Waals surface area contributed by atoms with Crippen molar-refractivity contribution in [2.45, 2.75) is 32.7 Å². The SMILES string of the molecule is CCCCc1ccc(Oc2ncccc2CNC)cc1. The first kappa shape index (κ1) is 14.5. The zero-order chi connectivity index (χ0) is 14.2. The monoisotopic (exact) mass is 270 g/mol. The Morgan fingerprint density at radius 1 is 1.15 bits per heavy atom. The van der Waals surface area contributed by atoms with E-state index in [-0.39, 0.29) is 0 Å². The van der Waals surface area contributed by atoms with Crippen LogP contribution in [0.25, 0.3) is 0 Å². The highest BCUT2D eigenvalue weighted by atomic mass is 16.5. The number of hydrogen-bond donors (Lipinski definition) is 1. The van der Waals surface area contributed by atoms with Crippen molar-refractivity contribution in [3.63, 3.8) is 0 Å². The van der Waals surface area contributed by atoms with Crippen LogP contribution in [0.2, 0.25) is 0 Å². The summed E-state index contributed by atoms with van der Waals surface area (Å²) in [5, 5.41) is 3.12. The van der Waals surface area contributed by atoms with Gasteiger partial charge in [0.2, 0.25) is 5.88 Å². The minimum absolute atomic E-state index is 0.670. The van der Waals surface area contributed by atoms with Gasteiger partial charge in [-0.15, -0.1) is 0 Å². The predicted octanol–water partition coefficient (Wildman–Crippen LogP) is 3.94. The molecule has 0 aliphatic rings. The number of unbranched alkanes of at least 4 members (excludes halogenated alkanes) is 1. The number of aromatic nitrogens is 1. The highest BCUT2D eigenvalue weighted by molar-refractivity contribution is 5.34. The van der Waals surface area contributed by atoms with Crippen molar-refractivity contribution in [3.8, 4) is 11.6 Å². The van der Waals surface area contributed by atoms with Crippen LogP contribution < -0.4 is 10.1 Å². The summed E-state index contributed by atoms with van der Waals surface area (Å²) in [6.45, 7) is 2.96. The van der Waals surface area contributed by atoms with Gasteiger partial charge in [0.1, 0.15) is 5.75 Å². The molecule has 0 saturated heterocycles. The maximum atomic E-state index is 5.87. The van der Waals surface area contributed by atoms with E-state index >= 15 is 0 Å². The highest BCUT2D eigenvalue weighted by Crippen LogP contribution is 2.23. The number of pyridine rings is 1. The Balaban J connectivity index is 2.06. The molecule has 2 aromatic rings. The molecule has 0 fully saturated rings. The second-order valence-corrected chi connectivity index (χ2v) is 4.85. The van der Waals surface area contributed by atoms with Crippen molar-refractivity contribution in [3.05, 3.63) is 53.7 Å². The molecule has 0 spiro atoms. The van der Waals surface area contributed by atoms with E-state index in [2.05, 4.69) is 29.4 Å². The third-order valence-corrected chi connectivity index (χ3v) is 3.17. The number of benzene rings is 1. The lowest BCUT2D eigenvalue weighted by molar-refractivity contribution is 0.454. The summed E-state index contributed by atoms with van der Waals surface area (Å²) in [6.07, 6.45) is 5.34. The first-order valence-corrected chi connectivity index (χ1v) is 7.18. The number of ether oxygens (including phenoxy) is 1. The van der Waals surface area contributed by atoms with E-state index in [0.29, 0.717) is 5.88 Å². The average molecular weight is 270 g/mol. The number of hydrogen-bond acceptors (Lipinski definition) is 3. The van der Waals surface area contributed by atoms with Gasteiger partial charge in [-0.2, -0.15) is 0 Å². The standard InChI is InChI=1S/C17H22N2O/c1-3-4-6-14-8-10-16(11-9-14)20-17-15(13-18-2)7-5-12-19-17/h5,7-12,18H,3-4,6,13H2,1-2H3. The van der Waals surface area contributed by atoms with Crippen molar-refractivity contribution >= 4 is 0 Å². The van der Waals surface area contributed by atoms with Crippen LogP contribution in [-0.2, 0) is 13.0 Å². The molecule has 106 valence electrons. The van der Waals surface area contributed by atoms with Gasteiger partial charge in [-0.25, -0.2) is 4.98 Å². The molecule has 2 rings (SSSR count). The van der Waals surface area contributed by atoms with Gasteiger partial charge in [0.05, 0.1) is 0 Å². The zero-order valence-corrected chi connectivity index (χ0v) is 12.2. The minimum atomic E-state index is 0.670. The van der Waals surface area contributed by atoms with Gasteiger partial charge in [0, 0.05) is 18.3 Å². The van der Waals surface area contributed by atoms with Gasteiger partial charge in [-0.1, -0.05) is 31.5 Å². The summed E-state index contributed by atoms with van der Waals surface area (Å²) >= 11 is 0. The summed E-state index contributed by atoms with van der Waals surface area (Å²) in [5.41, 5.74) is 2.42. The fourth-order valence-corrected chi connectivity index (χ4v) is 2.06. The lowest BCUT2D eigenvalue weighted by Crippen LogP contribution is -2.07. The molecule has 0 aliphatic heterocycles. The summed E-state index contributed by atoms with van der Waals surface area (Å²) < 4.78 is 5.87. The van der Waals surface area contributed by atoms with Crippen molar-refractivity contribution in [2.24, 2.45) is 0 Å². The van der Waals surface area contributed by atoms with Crippen LogP contribution in [0.3, 0.4) is 0 Å². The van der Waals surface area contributed by atoms with E-state index in [1.54, 1.807) is 6.20 Å². The van der Waals surface area contributed by atoms with Gasteiger partial charge in [-0.3, -0.25) is 0 Å².